The van der Waals surface area contributed by atoms with Gasteiger partial charge in [0.1, 0.15) is 0 Å². The van der Waals surface area contributed by atoms with Gasteiger partial charge in [0, 0.05) is 13.0 Å². The molecule has 2 saturated heterocycles. The molecule has 0 aromatic rings. The van der Waals surface area contributed by atoms with Crippen LogP contribution in [0.3, 0.4) is 0 Å². The van der Waals surface area contributed by atoms with Crippen molar-refractivity contribution in [3.8, 4) is 0 Å². The molecular weight excluding hydrogens is 204 g/mol. The van der Waals surface area contributed by atoms with Gasteiger partial charge < -0.3 is 4.90 Å². The fraction of sp³-hybridized carbons (Fsp3) is 0.833. The Balaban J connectivity index is 1.95. The Kier molecular flexibility index (Phi) is 3.28. The minimum absolute atomic E-state index is 0.0391. The third-order valence-corrected chi connectivity index (χ3v) is 3.83. The molecule has 0 aromatic heterocycles. The van der Waals surface area contributed by atoms with Gasteiger partial charge in [-0.05, 0) is 32.4 Å². The monoisotopic (exact) mass is 224 g/mol. The van der Waals surface area contributed by atoms with Crippen LogP contribution in [0, 0.1) is 5.41 Å². The number of carbonyl (C=O) groups excluding carboxylic acids is 2. The number of nitrogens with zero attached hydrogens (tertiary/aromatic N) is 1. The highest BCUT2D eigenvalue weighted by Gasteiger charge is 2.47. The van der Waals surface area contributed by atoms with Gasteiger partial charge in [0.05, 0.1) is 5.41 Å². The van der Waals surface area contributed by atoms with E-state index in [0.717, 1.165) is 32.5 Å². The summed E-state index contributed by atoms with van der Waals surface area (Å²) in [4.78, 5) is 25.4. The lowest BCUT2D eigenvalue weighted by atomic mass is 9.79. The van der Waals surface area contributed by atoms with E-state index in [2.05, 4.69) is 17.1 Å². The highest BCUT2D eigenvalue weighted by Crippen LogP contribution is 2.37. The van der Waals surface area contributed by atoms with Crippen molar-refractivity contribution in [3.05, 3.63) is 0 Å². The summed E-state index contributed by atoms with van der Waals surface area (Å²) in [6.07, 6.45) is 4.54. The second-order valence-electron chi connectivity index (χ2n) is 5.04. The molecule has 2 heterocycles. The van der Waals surface area contributed by atoms with E-state index in [-0.39, 0.29) is 17.2 Å². The maximum absolute atomic E-state index is 11.9. The molecule has 0 aromatic carbocycles. The van der Waals surface area contributed by atoms with Crippen molar-refractivity contribution in [2.45, 2.75) is 39.0 Å². The van der Waals surface area contributed by atoms with Crippen LogP contribution < -0.4 is 5.32 Å². The zero-order valence-corrected chi connectivity index (χ0v) is 9.92. The summed E-state index contributed by atoms with van der Waals surface area (Å²) in [5.74, 6) is -0.148. The summed E-state index contributed by atoms with van der Waals surface area (Å²) in [7, 11) is 0. The quantitative estimate of drug-likeness (QED) is 0.725. The normalized spacial score (nSPS) is 31.1. The fourth-order valence-electron chi connectivity index (χ4n) is 2.71. The second-order valence-corrected chi connectivity index (χ2v) is 5.04. The van der Waals surface area contributed by atoms with Gasteiger partial charge in [0.25, 0.3) is 0 Å². The van der Waals surface area contributed by atoms with Gasteiger partial charge in [-0.2, -0.15) is 0 Å². The van der Waals surface area contributed by atoms with Crippen molar-refractivity contribution < 1.29 is 9.59 Å². The van der Waals surface area contributed by atoms with Crippen LogP contribution >= 0.6 is 0 Å². The molecule has 1 atom stereocenters. The average Bonchev–Trinajstić information content (AvgIpc) is 2.67. The molecule has 0 radical (unpaired) electrons. The van der Waals surface area contributed by atoms with Crippen LogP contribution in [0.4, 0.5) is 0 Å². The zero-order valence-electron chi connectivity index (χ0n) is 9.92. The number of likely N-dealkylation sites (tertiary alicyclic amines) is 1. The van der Waals surface area contributed by atoms with Gasteiger partial charge in [0.2, 0.25) is 11.8 Å². The molecule has 1 spiro atoms. The van der Waals surface area contributed by atoms with E-state index < -0.39 is 0 Å². The standard InChI is InChI=1S/C12H20N2O2/c1-2-3-7-14-8-6-12(9-14)5-4-10(15)13-11(12)16/h2-9H2,1H3,(H,13,15,16). The maximum atomic E-state index is 11.9. The van der Waals surface area contributed by atoms with Gasteiger partial charge >= 0.3 is 0 Å². The zero-order chi connectivity index (χ0) is 11.6. The lowest BCUT2D eigenvalue weighted by Gasteiger charge is -2.31. The highest BCUT2D eigenvalue weighted by molar-refractivity contribution is 6.00. The first-order chi connectivity index (χ1) is 7.66. The number of hydrogen-bond acceptors (Lipinski definition) is 3. The molecule has 2 fully saturated rings. The lowest BCUT2D eigenvalue weighted by Crippen LogP contribution is -2.50. The number of imide groups is 1. The Morgan fingerprint density at radius 2 is 2.19 bits per heavy atom. The Labute approximate surface area is 96.4 Å². The largest absolute Gasteiger partial charge is 0.302 e. The number of unbranched alkanes of at least 4 members (excludes halogenated alkanes) is 1. The Bertz CT molecular complexity index is 303. The Morgan fingerprint density at radius 1 is 1.38 bits per heavy atom. The van der Waals surface area contributed by atoms with Gasteiger partial charge in [-0.1, -0.05) is 13.3 Å². The van der Waals surface area contributed by atoms with Gasteiger partial charge in [-0.15, -0.1) is 0 Å². The van der Waals surface area contributed by atoms with E-state index in [1.54, 1.807) is 0 Å². The Morgan fingerprint density at radius 3 is 2.88 bits per heavy atom. The highest BCUT2D eigenvalue weighted by atomic mass is 16.2. The molecule has 2 aliphatic rings. The summed E-state index contributed by atoms with van der Waals surface area (Å²) in [5.41, 5.74) is -0.262. The molecule has 2 rings (SSSR count). The lowest BCUT2D eigenvalue weighted by molar-refractivity contribution is -0.141. The van der Waals surface area contributed by atoms with Crippen LogP contribution in [0.2, 0.25) is 0 Å². The molecule has 0 bridgehead atoms. The van der Waals surface area contributed by atoms with Crippen molar-refractivity contribution in [1.82, 2.24) is 10.2 Å². The predicted octanol–water partition coefficient (Wildman–Crippen LogP) is 0.915. The van der Waals surface area contributed by atoms with Crippen LogP contribution in [-0.2, 0) is 9.59 Å². The topological polar surface area (TPSA) is 49.4 Å². The number of carbonyl (C=O) groups is 2. The number of rotatable bonds is 3. The van der Waals surface area contributed by atoms with E-state index in [1.807, 2.05) is 0 Å². The number of hydrogen-bond donors (Lipinski definition) is 1. The average molecular weight is 224 g/mol. The van der Waals surface area contributed by atoms with Gasteiger partial charge in [-0.25, -0.2) is 0 Å². The van der Waals surface area contributed by atoms with Crippen molar-refractivity contribution in [3.63, 3.8) is 0 Å². The molecule has 4 heteroatoms. The Hall–Kier alpha value is -0.900. The summed E-state index contributed by atoms with van der Waals surface area (Å²) in [6.45, 7) is 5.10. The first kappa shape index (κ1) is 11.6. The molecule has 16 heavy (non-hydrogen) atoms. The molecular formula is C12H20N2O2. The van der Waals surface area contributed by atoms with E-state index in [0.29, 0.717) is 6.42 Å². The van der Waals surface area contributed by atoms with Crippen molar-refractivity contribution >= 4 is 11.8 Å². The number of piperidine rings is 1. The maximum Gasteiger partial charge on any atom is 0.234 e. The van der Waals surface area contributed by atoms with E-state index in [4.69, 9.17) is 0 Å². The third-order valence-electron chi connectivity index (χ3n) is 3.83. The minimum atomic E-state index is -0.262. The molecule has 0 aliphatic carbocycles. The van der Waals surface area contributed by atoms with Gasteiger partial charge in [0.15, 0.2) is 0 Å². The van der Waals surface area contributed by atoms with E-state index in [1.165, 1.54) is 12.8 Å². The van der Waals surface area contributed by atoms with Crippen molar-refractivity contribution in [2.75, 3.05) is 19.6 Å². The van der Waals surface area contributed by atoms with Crippen LogP contribution in [-0.4, -0.2) is 36.3 Å². The summed E-state index contributed by atoms with van der Waals surface area (Å²) in [6, 6.07) is 0. The molecule has 2 aliphatic heterocycles. The van der Waals surface area contributed by atoms with Crippen LogP contribution in [0.25, 0.3) is 0 Å². The molecule has 1 N–H and O–H groups in total. The first-order valence-electron chi connectivity index (χ1n) is 6.23. The fourth-order valence-corrected chi connectivity index (χ4v) is 2.71. The summed E-state index contributed by atoms with van der Waals surface area (Å²) >= 11 is 0. The second kappa shape index (κ2) is 4.53. The molecule has 0 saturated carbocycles. The molecule has 1 unspecified atom stereocenters. The number of amides is 2. The summed E-state index contributed by atoms with van der Waals surface area (Å²) < 4.78 is 0. The van der Waals surface area contributed by atoms with Crippen molar-refractivity contribution in [2.24, 2.45) is 5.41 Å². The summed E-state index contributed by atoms with van der Waals surface area (Å²) in [5, 5.41) is 2.48. The predicted molar refractivity (Wildman–Crippen MR) is 60.8 cm³/mol. The molecule has 2 amide bonds. The van der Waals surface area contributed by atoms with Gasteiger partial charge in [-0.3, -0.25) is 14.9 Å². The number of nitrogens with one attached hydrogen (secondary N) is 1. The van der Waals surface area contributed by atoms with E-state index in [9.17, 15) is 9.59 Å². The molecule has 4 nitrogen and oxygen atoms in total. The van der Waals surface area contributed by atoms with Crippen LogP contribution in [0.15, 0.2) is 0 Å². The molecule has 90 valence electrons. The van der Waals surface area contributed by atoms with E-state index >= 15 is 0 Å². The SMILES string of the molecule is CCCCN1CCC2(CCC(=O)NC2=O)C1. The van der Waals surface area contributed by atoms with Crippen LogP contribution in [0.5, 0.6) is 0 Å². The van der Waals surface area contributed by atoms with Crippen LogP contribution in [0.1, 0.15) is 39.0 Å². The smallest absolute Gasteiger partial charge is 0.234 e. The first-order valence-corrected chi connectivity index (χ1v) is 6.23. The van der Waals surface area contributed by atoms with Crippen molar-refractivity contribution in [1.29, 1.82) is 0 Å². The minimum Gasteiger partial charge on any atom is -0.302 e. The third kappa shape index (κ3) is 2.12.